The minimum absolute atomic E-state index is 0. The summed E-state index contributed by atoms with van der Waals surface area (Å²) >= 11 is 0. The average molecular weight is 341 g/mol. The van der Waals surface area contributed by atoms with Crippen molar-refractivity contribution in [2.75, 3.05) is 19.7 Å². The SMILES string of the molecule is CC(C)(C)C(NC(=O)CNCC1CCCO1)c1ccccc1.Cl. The smallest absolute Gasteiger partial charge is 0.234 e. The van der Waals surface area contributed by atoms with Gasteiger partial charge in [0.2, 0.25) is 5.91 Å². The molecular weight excluding hydrogens is 312 g/mol. The number of nitrogens with one attached hydrogen (secondary N) is 2. The van der Waals surface area contributed by atoms with E-state index in [0.717, 1.165) is 31.6 Å². The van der Waals surface area contributed by atoms with Crippen molar-refractivity contribution in [1.82, 2.24) is 10.6 Å². The van der Waals surface area contributed by atoms with E-state index in [-0.39, 0.29) is 35.9 Å². The van der Waals surface area contributed by atoms with Crippen molar-refractivity contribution in [3.63, 3.8) is 0 Å². The van der Waals surface area contributed by atoms with Crippen LogP contribution in [0.1, 0.15) is 45.2 Å². The van der Waals surface area contributed by atoms with Crippen molar-refractivity contribution >= 4 is 18.3 Å². The summed E-state index contributed by atoms with van der Waals surface area (Å²) in [6, 6.07) is 10.2. The molecule has 1 amide bonds. The molecule has 0 aromatic heterocycles. The number of amides is 1. The van der Waals surface area contributed by atoms with Crippen LogP contribution in [0.5, 0.6) is 0 Å². The fourth-order valence-corrected chi connectivity index (χ4v) is 2.81. The number of rotatable bonds is 6. The Balaban J connectivity index is 0.00000264. The van der Waals surface area contributed by atoms with Gasteiger partial charge < -0.3 is 15.4 Å². The van der Waals surface area contributed by atoms with Crippen LogP contribution in [-0.2, 0) is 9.53 Å². The summed E-state index contributed by atoms with van der Waals surface area (Å²) in [5.41, 5.74) is 1.11. The van der Waals surface area contributed by atoms with Crippen molar-refractivity contribution in [3.8, 4) is 0 Å². The zero-order valence-corrected chi connectivity index (χ0v) is 15.1. The second kappa shape index (κ2) is 9.26. The molecule has 0 spiro atoms. The van der Waals surface area contributed by atoms with Crippen LogP contribution in [0.4, 0.5) is 0 Å². The first-order chi connectivity index (χ1) is 10.5. The van der Waals surface area contributed by atoms with Crippen molar-refractivity contribution in [3.05, 3.63) is 35.9 Å². The fraction of sp³-hybridized carbons (Fsp3) is 0.611. The van der Waals surface area contributed by atoms with Gasteiger partial charge in [-0.25, -0.2) is 0 Å². The Labute approximate surface area is 145 Å². The van der Waals surface area contributed by atoms with E-state index in [4.69, 9.17) is 4.74 Å². The molecule has 1 heterocycles. The Hall–Kier alpha value is -1.10. The molecule has 0 aliphatic carbocycles. The number of ether oxygens (including phenoxy) is 1. The maximum Gasteiger partial charge on any atom is 0.234 e. The Morgan fingerprint density at radius 1 is 1.30 bits per heavy atom. The summed E-state index contributed by atoms with van der Waals surface area (Å²) in [4.78, 5) is 12.2. The summed E-state index contributed by atoms with van der Waals surface area (Å²) in [5, 5.41) is 6.35. The van der Waals surface area contributed by atoms with Crippen LogP contribution in [0.15, 0.2) is 30.3 Å². The van der Waals surface area contributed by atoms with Gasteiger partial charge in [0.1, 0.15) is 0 Å². The van der Waals surface area contributed by atoms with Crippen LogP contribution in [0.25, 0.3) is 0 Å². The Kier molecular flexibility index (Phi) is 8.03. The van der Waals surface area contributed by atoms with Crippen LogP contribution in [0.2, 0.25) is 0 Å². The first-order valence-electron chi connectivity index (χ1n) is 8.13. The molecule has 2 rings (SSSR count). The quantitative estimate of drug-likeness (QED) is 0.836. The number of benzene rings is 1. The van der Waals surface area contributed by atoms with E-state index < -0.39 is 0 Å². The van der Waals surface area contributed by atoms with Gasteiger partial charge in [0.05, 0.1) is 18.7 Å². The van der Waals surface area contributed by atoms with E-state index in [2.05, 4.69) is 43.5 Å². The third-order valence-electron chi connectivity index (χ3n) is 3.99. The normalized spacial score (nSPS) is 19.0. The van der Waals surface area contributed by atoms with Gasteiger partial charge in [-0.15, -0.1) is 12.4 Å². The maximum absolute atomic E-state index is 12.2. The summed E-state index contributed by atoms with van der Waals surface area (Å²) in [6.45, 7) is 8.36. The predicted octanol–water partition coefficient (Wildman–Crippen LogP) is 3.08. The predicted molar refractivity (Wildman–Crippen MR) is 95.9 cm³/mol. The van der Waals surface area contributed by atoms with E-state index in [1.165, 1.54) is 0 Å². The molecule has 1 aromatic carbocycles. The molecule has 1 aliphatic heterocycles. The lowest BCUT2D eigenvalue weighted by Gasteiger charge is -2.32. The van der Waals surface area contributed by atoms with E-state index in [0.29, 0.717) is 6.54 Å². The monoisotopic (exact) mass is 340 g/mol. The fourth-order valence-electron chi connectivity index (χ4n) is 2.81. The summed E-state index contributed by atoms with van der Waals surface area (Å²) in [6.07, 6.45) is 2.47. The van der Waals surface area contributed by atoms with E-state index in [9.17, 15) is 4.79 Å². The van der Waals surface area contributed by atoms with Crippen LogP contribution >= 0.6 is 12.4 Å². The molecular formula is C18H29ClN2O2. The number of carbonyl (C=O) groups excluding carboxylic acids is 1. The van der Waals surface area contributed by atoms with Crippen LogP contribution in [-0.4, -0.2) is 31.7 Å². The first kappa shape index (κ1) is 19.9. The largest absolute Gasteiger partial charge is 0.377 e. The zero-order chi connectivity index (χ0) is 16.0. The summed E-state index contributed by atoms with van der Waals surface area (Å²) < 4.78 is 5.55. The van der Waals surface area contributed by atoms with E-state index in [1.54, 1.807) is 0 Å². The lowest BCUT2D eigenvalue weighted by Crippen LogP contribution is -2.42. The third kappa shape index (κ3) is 6.50. The van der Waals surface area contributed by atoms with Crippen LogP contribution < -0.4 is 10.6 Å². The molecule has 2 N–H and O–H groups in total. The molecule has 2 unspecified atom stereocenters. The number of hydrogen-bond acceptors (Lipinski definition) is 3. The van der Waals surface area contributed by atoms with Gasteiger partial charge in [-0.1, -0.05) is 51.1 Å². The minimum atomic E-state index is -0.0361. The Morgan fingerprint density at radius 3 is 2.57 bits per heavy atom. The molecule has 0 radical (unpaired) electrons. The molecule has 0 saturated carbocycles. The highest BCUT2D eigenvalue weighted by Crippen LogP contribution is 2.32. The van der Waals surface area contributed by atoms with Gasteiger partial charge >= 0.3 is 0 Å². The number of halogens is 1. The zero-order valence-electron chi connectivity index (χ0n) is 14.3. The molecule has 130 valence electrons. The lowest BCUT2D eigenvalue weighted by molar-refractivity contribution is -0.121. The van der Waals surface area contributed by atoms with Crippen LogP contribution in [0, 0.1) is 5.41 Å². The van der Waals surface area contributed by atoms with Gasteiger partial charge in [-0.05, 0) is 23.8 Å². The maximum atomic E-state index is 12.2. The van der Waals surface area contributed by atoms with E-state index in [1.807, 2.05) is 18.2 Å². The van der Waals surface area contributed by atoms with Crippen molar-refractivity contribution in [1.29, 1.82) is 0 Å². The molecule has 1 aromatic rings. The van der Waals surface area contributed by atoms with E-state index >= 15 is 0 Å². The van der Waals surface area contributed by atoms with Crippen molar-refractivity contribution in [2.24, 2.45) is 5.41 Å². The third-order valence-corrected chi connectivity index (χ3v) is 3.99. The molecule has 1 saturated heterocycles. The minimum Gasteiger partial charge on any atom is -0.377 e. The Morgan fingerprint density at radius 2 is 2.00 bits per heavy atom. The highest BCUT2D eigenvalue weighted by Gasteiger charge is 2.27. The number of carbonyl (C=O) groups is 1. The van der Waals surface area contributed by atoms with Gasteiger partial charge in [0, 0.05) is 13.2 Å². The van der Waals surface area contributed by atoms with Crippen LogP contribution in [0.3, 0.4) is 0 Å². The topological polar surface area (TPSA) is 50.4 Å². The van der Waals surface area contributed by atoms with Crippen molar-refractivity contribution in [2.45, 2.75) is 45.8 Å². The second-order valence-corrected chi connectivity index (χ2v) is 7.04. The summed E-state index contributed by atoms with van der Waals surface area (Å²) in [5.74, 6) is 0.0294. The van der Waals surface area contributed by atoms with Crippen molar-refractivity contribution < 1.29 is 9.53 Å². The summed E-state index contributed by atoms with van der Waals surface area (Å²) in [7, 11) is 0. The second-order valence-electron chi connectivity index (χ2n) is 7.04. The molecule has 0 bridgehead atoms. The van der Waals surface area contributed by atoms with Gasteiger partial charge in [-0.2, -0.15) is 0 Å². The van der Waals surface area contributed by atoms with Gasteiger partial charge in [0.15, 0.2) is 0 Å². The van der Waals surface area contributed by atoms with Gasteiger partial charge in [-0.3, -0.25) is 4.79 Å². The molecule has 5 heteroatoms. The molecule has 1 fully saturated rings. The molecule has 23 heavy (non-hydrogen) atoms. The molecule has 4 nitrogen and oxygen atoms in total. The Bertz CT molecular complexity index is 468. The average Bonchev–Trinajstić information content (AvgIpc) is 2.98. The first-order valence-corrected chi connectivity index (χ1v) is 8.13. The highest BCUT2D eigenvalue weighted by molar-refractivity contribution is 5.85. The number of hydrogen-bond donors (Lipinski definition) is 2. The van der Waals surface area contributed by atoms with Gasteiger partial charge in [0.25, 0.3) is 0 Å². The molecule has 2 atom stereocenters. The molecule has 1 aliphatic rings. The standard InChI is InChI=1S/C18H28N2O2.ClH/c1-18(2,3)17(14-8-5-4-6-9-14)20-16(21)13-19-12-15-10-7-11-22-15;/h4-6,8-9,15,17,19H,7,10-13H2,1-3H3,(H,20,21);1H. The highest BCUT2D eigenvalue weighted by atomic mass is 35.5. The lowest BCUT2D eigenvalue weighted by atomic mass is 9.82.